The fourth-order valence-corrected chi connectivity index (χ4v) is 2.16. The Balaban J connectivity index is 2.01. The summed E-state index contributed by atoms with van der Waals surface area (Å²) < 4.78 is 4.74. The predicted octanol–water partition coefficient (Wildman–Crippen LogP) is 2.65. The Morgan fingerprint density at radius 3 is 2.52 bits per heavy atom. The van der Waals surface area contributed by atoms with Gasteiger partial charge in [0.15, 0.2) is 0 Å². The molecule has 0 fully saturated rings. The fraction of sp³-hybridized carbons (Fsp3) is 0.294. The van der Waals surface area contributed by atoms with Gasteiger partial charge in [0.1, 0.15) is 0 Å². The van der Waals surface area contributed by atoms with Gasteiger partial charge in [0, 0.05) is 25.0 Å². The Hall–Kier alpha value is -2.20. The first-order chi connectivity index (χ1) is 10.2. The van der Waals surface area contributed by atoms with Gasteiger partial charge in [-0.25, -0.2) is 0 Å². The topological polar surface area (TPSA) is 51.2 Å². The number of carbonyl (C=O) groups excluding carboxylic acids is 1. The number of aromatic nitrogens is 1. The van der Waals surface area contributed by atoms with E-state index in [0.29, 0.717) is 13.0 Å². The van der Waals surface area contributed by atoms with Crippen LogP contribution >= 0.6 is 0 Å². The second kappa shape index (κ2) is 7.55. The van der Waals surface area contributed by atoms with Crippen molar-refractivity contribution in [1.29, 1.82) is 0 Å². The molecular formula is C17H20N2O2. The van der Waals surface area contributed by atoms with E-state index in [0.717, 1.165) is 11.1 Å². The van der Waals surface area contributed by atoms with Crippen molar-refractivity contribution >= 4 is 5.97 Å². The lowest BCUT2D eigenvalue weighted by Crippen LogP contribution is -2.19. The second-order valence-electron chi connectivity index (χ2n) is 4.90. The zero-order valence-corrected chi connectivity index (χ0v) is 12.4. The van der Waals surface area contributed by atoms with Crippen LogP contribution in [0.15, 0.2) is 48.8 Å². The summed E-state index contributed by atoms with van der Waals surface area (Å²) in [5.74, 6) is -0.218. The summed E-state index contributed by atoms with van der Waals surface area (Å²) in [4.78, 5) is 15.5. The Morgan fingerprint density at radius 2 is 1.86 bits per heavy atom. The molecule has 0 saturated heterocycles. The molecule has 0 saturated carbocycles. The van der Waals surface area contributed by atoms with E-state index >= 15 is 0 Å². The van der Waals surface area contributed by atoms with Crippen LogP contribution in [0.4, 0.5) is 0 Å². The van der Waals surface area contributed by atoms with Gasteiger partial charge in [-0.15, -0.1) is 0 Å². The van der Waals surface area contributed by atoms with Crippen molar-refractivity contribution in [1.82, 2.24) is 10.3 Å². The second-order valence-corrected chi connectivity index (χ2v) is 4.90. The summed E-state index contributed by atoms with van der Waals surface area (Å²) in [5, 5.41) is 3.47. The molecule has 0 aliphatic carbocycles. The summed E-state index contributed by atoms with van der Waals surface area (Å²) in [6.45, 7) is 2.81. The highest BCUT2D eigenvalue weighted by atomic mass is 16.5. The van der Waals surface area contributed by atoms with E-state index in [4.69, 9.17) is 4.74 Å². The fourth-order valence-electron chi connectivity index (χ4n) is 2.16. The Bertz CT molecular complexity index is 584. The monoisotopic (exact) mass is 284 g/mol. The molecule has 1 N–H and O–H groups in total. The van der Waals surface area contributed by atoms with Crippen LogP contribution in [-0.4, -0.2) is 18.1 Å². The predicted molar refractivity (Wildman–Crippen MR) is 81.7 cm³/mol. The molecule has 0 aliphatic rings. The van der Waals surface area contributed by atoms with E-state index in [-0.39, 0.29) is 12.0 Å². The molecule has 1 aromatic heterocycles. The molecule has 21 heavy (non-hydrogen) atoms. The highest BCUT2D eigenvalue weighted by Crippen LogP contribution is 2.14. The third-order valence-electron chi connectivity index (χ3n) is 3.49. The lowest BCUT2D eigenvalue weighted by Gasteiger charge is -2.16. The average molecular weight is 284 g/mol. The molecule has 2 aromatic rings. The van der Waals surface area contributed by atoms with Crippen molar-refractivity contribution in [2.75, 3.05) is 7.11 Å². The van der Waals surface area contributed by atoms with Crippen LogP contribution in [0.25, 0.3) is 0 Å². The van der Waals surface area contributed by atoms with E-state index in [1.807, 2.05) is 36.4 Å². The van der Waals surface area contributed by atoms with Gasteiger partial charge in [0.25, 0.3) is 0 Å². The Morgan fingerprint density at radius 1 is 1.19 bits per heavy atom. The number of benzene rings is 1. The molecule has 110 valence electrons. The van der Waals surface area contributed by atoms with E-state index in [1.165, 1.54) is 12.7 Å². The third-order valence-corrected chi connectivity index (χ3v) is 3.49. The molecule has 0 radical (unpaired) electrons. The molecule has 4 heteroatoms. The maximum Gasteiger partial charge on any atom is 0.309 e. The number of pyridine rings is 1. The van der Waals surface area contributed by atoms with Crippen molar-refractivity contribution < 1.29 is 9.53 Å². The largest absolute Gasteiger partial charge is 0.469 e. The van der Waals surface area contributed by atoms with Crippen molar-refractivity contribution in [2.45, 2.75) is 25.9 Å². The molecule has 1 atom stereocenters. The van der Waals surface area contributed by atoms with Gasteiger partial charge < -0.3 is 10.1 Å². The van der Waals surface area contributed by atoms with E-state index < -0.39 is 0 Å². The van der Waals surface area contributed by atoms with Crippen LogP contribution < -0.4 is 5.32 Å². The number of ether oxygens (including phenoxy) is 1. The molecule has 0 unspecified atom stereocenters. The van der Waals surface area contributed by atoms with Crippen molar-refractivity contribution in [2.24, 2.45) is 0 Å². The highest BCUT2D eigenvalue weighted by molar-refractivity contribution is 5.72. The van der Waals surface area contributed by atoms with Crippen molar-refractivity contribution in [3.63, 3.8) is 0 Å². The van der Waals surface area contributed by atoms with Gasteiger partial charge in [-0.2, -0.15) is 0 Å². The van der Waals surface area contributed by atoms with Gasteiger partial charge in [0.2, 0.25) is 0 Å². The number of hydrogen-bond donors (Lipinski definition) is 1. The van der Waals surface area contributed by atoms with Crippen molar-refractivity contribution in [3.05, 3.63) is 65.5 Å². The molecule has 1 aromatic carbocycles. The number of methoxy groups -OCH3 is 1. The minimum absolute atomic E-state index is 0.218. The SMILES string of the molecule is COC(=O)Cc1ccccc1CN[C@H](C)c1ccncc1. The number of rotatable bonds is 6. The third kappa shape index (κ3) is 4.39. The minimum Gasteiger partial charge on any atom is -0.469 e. The first kappa shape index (κ1) is 15.2. The number of carbonyl (C=O) groups is 1. The molecule has 0 spiro atoms. The molecule has 1 heterocycles. The minimum atomic E-state index is -0.218. The summed E-state index contributed by atoms with van der Waals surface area (Å²) in [6, 6.07) is 12.1. The van der Waals surface area contributed by atoms with Gasteiger partial charge in [-0.3, -0.25) is 9.78 Å². The van der Waals surface area contributed by atoms with Gasteiger partial charge in [0.05, 0.1) is 13.5 Å². The molecule has 2 rings (SSSR count). The molecule has 0 amide bonds. The summed E-state index contributed by atoms with van der Waals surface area (Å²) in [5.41, 5.74) is 3.30. The first-order valence-corrected chi connectivity index (χ1v) is 6.97. The maximum absolute atomic E-state index is 11.4. The molecule has 0 aliphatic heterocycles. The highest BCUT2D eigenvalue weighted by Gasteiger charge is 2.09. The van der Waals surface area contributed by atoms with Gasteiger partial charge in [-0.05, 0) is 35.7 Å². The summed E-state index contributed by atoms with van der Waals surface area (Å²) in [6.07, 6.45) is 3.88. The number of nitrogens with zero attached hydrogens (tertiary/aromatic N) is 1. The zero-order valence-electron chi connectivity index (χ0n) is 12.4. The van der Waals surface area contributed by atoms with Crippen LogP contribution in [-0.2, 0) is 22.5 Å². The Labute approximate surface area is 125 Å². The maximum atomic E-state index is 11.4. The molecule has 4 nitrogen and oxygen atoms in total. The number of nitrogens with one attached hydrogen (secondary N) is 1. The average Bonchev–Trinajstić information content (AvgIpc) is 2.54. The van der Waals surface area contributed by atoms with Crippen LogP contribution in [0.3, 0.4) is 0 Å². The molecular weight excluding hydrogens is 264 g/mol. The number of hydrogen-bond acceptors (Lipinski definition) is 4. The van der Waals surface area contributed by atoms with E-state index in [9.17, 15) is 4.79 Å². The van der Waals surface area contributed by atoms with Crippen LogP contribution in [0.1, 0.15) is 29.7 Å². The van der Waals surface area contributed by atoms with Crippen LogP contribution in [0.5, 0.6) is 0 Å². The normalized spacial score (nSPS) is 11.9. The van der Waals surface area contributed by atoms with E-state index in [2.05, 4.69) is 17.2 Å². The van der Waals surface area contributed by atoms with Crippen LogP contribution in [0.2, 0.25) is 0 Å². The first-order valence-electron chi connectivity index (χ1n) is 6.97. The summed E-state index contributed by atoms with van der Waals surface area (Å²) in [7, 11) is 1.41. The number of esters is 1. The van der Waals surface area contributed by atoms with Crippen LogP contribution in [0, 0.1) is 0 Å². The summed E-state index contributed by atoms with van der Waals surface area (Å²) >= 11 is 0. The standard InChI is InChI=1S/C17H20N2O2/c1-13(14-7-9-18-10-8-14)19-12-16-6-4-3-5-15(16)11-17(20)21-2/h3-10,13,19H,11-12H2,1-2H3/t13-/m1/s1. The smallest absolute Gasteiger partial charge is 0.309 e. The Kier molecular flexibility index (Phi) is 5.46. The molecule has 0 bridgehead atoms. The quantitative estimate of drug-likeness (QED) is 0.829. The lowest BCUT2D eigenvalue weighted by atomic mass is 10.0. The van der Waals surface area contributed by atoms with E-state index in [1.54, 1.807) is 12.4 Å². The lowest BCUT2D eigenvalue weighted by molar-refractivity contribution is -0.139. The van der Waals surface area contributed by atoms with Gasteiger partial charge >= 0.3 is 5.97 Å². The van der Waals surface area contributed by atoms with Crippen molar-refractivity contribution in [3.8, 4) is 0 Å². The van der Waals surface area contributed by atoms with Gasteiger partial charge in [-0.1, -0.05) is 24.3 Å². The zero-order chi connectivity index (χ0) is 15.1.